The molecule has 0 aliphatic rings. The molecule has 0 saturated carbocycles. The molecule has 0 atom stereocenters. The number of nitrogens with one attached hydrogen (secondary N) is 1. The molecule has 0 rings (SSSR count). The molecule has 0 aromatic heterocycles. The average Bonchev–Trinajstić information content (AvgIpc) is 2.08. The van der Waals surface area contributed by atoms with Crippen molar-refractivity contribution in [1.82, 2.24) is 5.32 Å². The largest absolute Gasteiger partial charge is 0.320 e. The van der Waals surface area contributed by atoms with Crippen molar-refractivity contribution in [2.45, 2.75) is 33.6 Å². The van der Waals surface area contributed by atoms with E-state index in [2.05, 4.69) is 12.2 Å². The molecule has 1 N–H and O–H groups in total. The fourth-order valence-electron chi connectivity index (χ4n) is 0.354. The van der Waals surface area contributed by atoms with Gasteiger partial charge < -0.3 is 10.1 Å². The summed E-state index contributed by atoms with van der Waals surface area (Å²) in [6, 6.07) is 0. The average molecular weight is 147 g/mol. The number of rotatable bonds is 3. The van der Waals surface area contributed by atoms with Crippen molar-refractivity contribution in [1.29, 1.82) is 0 Å². The molecule has 0 aliphatic heterocycles. The minimum atomic E-state index is 1.16. The van der Waals surface area contributed by atoms with Gasteiger partial charge in [0, 0.05) is 0 Å². The molecule has 0 radical (unpaired) electrons. The summed E-state index contributed by atoms with van der Waals surface area (Å²) in [5.41, 5.74) is 0. The van der Waals surface area contributed by atoms with E-state index in [1.54, 1.807) is 0 Å². The SMILES string of the molecule is C=O.CC.CCCCNC. The normalized spacial score (nSPS) is 6.40. The van der Waals surface area contributed by atoms with Crippen LogP contribution in [0.25, 0.3) is 0 Å². The van der Waals surface area contributed by atoms with Crippen molar-refractivity contribution < 1.29 is 4.79 Å². The van der Waals surface area contributed by atoms with Crippen LogP contribution in [0.15, 0.2) is 0 Å². The monoisotopic (exact) mass is 147 g/mol. The fourth-order valence-corrected chi connectivity index (χ4v) is 0.354. The van der Waals surface area contributed by atoms with E-state index in [0.717, 1.165) is 6.54 Å². The second kappa shape index (κ2) is 38.1. The van der Waals surface area contributed by atoms with Gasteiger partial charge in [0.2, 0.25) is 0 Å². The molecule has 2 nitrogen and oxygen atoms in total. The van der Waals surface area contributed by atoms with Gasteiger partial charge in [-0.3, -0.25) is 0 Å². The van der Waals surface area contributed by atoms with Crippen LogP contribution in [0.1, 0.15) is 33.6 Å². The Morgan fingerprint density at radius 2 is 1.70 bits per heavy atom. The first kappa shape index (κ1) is 16.3. The molecule has 0 fully saturated rings. The van der Waals surface area contributed by atoms with E-state index in [-0.39, 0.29) is 0 Å². The molecule has 2 heteroatoms. The van der Waals surface area contributed by atoms with E-state index >= 15 is 0 Å². The van der Waals surface area contributed by atoms with Crippen LogP contribution < -0.4 is 5.32 Å². The number of hydrogen-bond acceptors (Lipinski definition) is 2. The minimum absolute atomic E-state index is 1.16. The molecule has 0 unspecified atom stereocenters. The van der Waals surface area contributed by atoms with Crippen LogP contribution in [-0.4, -0.2) is 20.4 Å². The maximum absolute atomic E-state index is 8.00. The van der Waals surface area contributed by atoms with Gasteiger partial charge in [0.05, 0.1) is 0 Å². The fraction of sp³-hybridized carbons (Fsp3) is 0.875. The van der Waals surface area contributed by atoms with Crippen molar-refractivity contribution in [3.8, 4) is 0 Å². The van der Waals surface area contributed by atoms with Crippen molar-refractivity contribution in [3.05, 3.63) is 0 Å². The Hall–Kier alpha value is -0.370. The van der Waals surface area contributed by atoms with Crippen LogP contribution in [0.3, 0.4) is 0 Å². The first-order chi connectivity index (χ1) is 4.91. The van der Waals surface area contributed by atoms with Gasteiger partial charge in [-0.2, -0.15) is 0 Å². The van der Waals surface area contributed by atoms with E-state index in [9.17, 15) is 0 Å². The highest BCUT2D eigenvalue weighted by atomic mass is 16.1. The summed E-state index contributed by atoms with van der Waals surface area (Å²) >= 11 is 0. The summed E-state index contributed by atoms with van der Waals surface area (Å²) in [7, 11) is 1.98. The second-order valence-electron chi connectivity index (χ2n) is 1.46. The summed E-state index contributed by atoms with van der Waals surface area (Å²) in [5, 5.41) is 3.07. The maximum Gasteiger partial charge on any atom is 0.106 e. The minimum Gasteiger partial charge on any atom is -0.320 e. The van der Waals surface area contributed by atoms with Gasteiger partial charge in [-0.15, -0.1) is 0 Å². The lowest BCUT2D eigenvalue weighted by Crippen LogP contribution is -2.06. The molecule has 0 heterocycles. The smallest absolute Gasteiger partial charge is 0.106 e. The van der Waals surface area contributed by atoms with Crippen molar-refractivity contribution >= 4 is 6.79 Å². The molecular weight excluding hydrogens is 126 g/mol. The number of hydrogen-bond donors (Lipinski definition) is 1. The molecule has 0 spiro atoms. The number of unbranched alkanes of at least 4 members (excludes halogenated alkanes) is 1. The Morgan fingerprint density at radius 3 is 1.80 bits per heavy atom. The van der Waals surface area contributed by atoms with E-state index in [1.165, 1.54) is 12.8 Å². The van der Waals surface area contributed by atoms with Gasteiger partial charge in [-0.1, -0.05) is 27.2 Å². The predicted molar refractivity (Wildman–Crippen MR) is 47.3 cm³/mol. The summed E-state index contributed by atoms with van der Waals surface area (Å²) < 4.78 is 0. The molecule has 0 aliphatic carbocycles. The van der Waals surface area contributed by atoms with Crippen LogP contribution in [0.2, 0.25) is 0 Å². The first-order valence-corrected chi connectivity index (χ1v) is 3.85. The van der Waals surface area contributed by atoms with Gasteiger partial charge in [0.15, 0.2) is 0 Å². The van der Waals surface area contributed by atoms with Gasteiger partial charge in [-0.25, -0.2) is 0 Å². The van der Waals surface area contributed by atoms with Gasteiger partial charge >= 0.3 is 0 Å². The van der Waals surface area contributed by atoms with Crippen LogP contribution in [-0.2, 0) is 4.79 Å². The summed E-state index contributed by atoms with van der Waals surface area (Å²) in [4.78, 5) is 8.00. The summed E-state index contributed by atoms with van der Waals surface area (Å²) in [6.45, 7) is 9.36. The van der Waals surface area contributed by atoms with Crippen LogP contribution in [0.5, 0.6) is 0 Å². The summed E-state index contributed by atoms with van der Waals surface area (Å²) in [6.07, 6.45) is 2.59. The molecule has 0 bridgehead atoms. The standard InChI is InChI=1S/C5H13N.C2H6.CH2O/c1-3-4-5-6-2;2*1-2/h6H,3-5H2,1-2H3;1-2H3;1H2. The van der Waals surface area contributed by atoms with Crippen molar-refractivity contribution in [3.63, 3.8) is 0 Å². The van der Waals surface area contributed by atoms with E-state index < -0.39 is 0 Å². The Kier molecular flexibility index (Phi) is 62.2. The highest BCUT2D eigenvalue weighted by molar-refractivity contribution is 5.10. The third-order valence-corrected chi connectivity index (χ3v) is 0.780. The Labute approximate surface area is 65.0 Å². The molecule has 0 amide bonds. The second-order valence-corrected chi connectivity index (χ2v) is 1.46. The lowest BCUT2D eigenvalue weighted by molar-refractivity contribution is -0.0979. The first-order valence-electron chi connectivity index (χ1n) is 3.85. The van der Waals surface area contributed by atoms with E-state index in [0.29, 0.717) is 0 Å². The lowest BCUT2D eigenvalue weighted by Gasteiger charge is -1.89. The van der Waals surface area contributed by atoms with Crippen molar-refractivity contribution in [2.24, 2.45) is 0 Å². The van der Waals surface area contributed by atoms with Gasteiger partial charge in [0.25, 0.3) is 0 Å². The third-order valence-electron chi connectivity index (χ3n) is 0.780. The van der Waals surface area contributed by atoms with Crippen LogP contribution >= 0.6 is 0 Å². The van der Waals surface area contributed by atoms with Crippen LogP contribution in [0, 0.1) is 0 Å². The van der Waals surface area contributed by atoms with Crippen molar-refractivity contribution in [2.75, 3.05) is 13.6 Å². The molecular formula is C8H21NO. The zero-order valence-corrected chi connectivity index (χ0v) is 7.74. The Bertz CT molecular complexity index is 28.4. The topological polar surface area (TPSA) is 29.1 Å². The zero-order chi connectivity index (χ0) is 8.83. The molecule has 0 aromatic carbocycles. The third kappa shape index (κ3) is 48.5. The van der Waals surface area contributed by atoms with Crippen LogP contribution in [0.4, 0.5) is 0 Å². The Balaban J connectivity index is -0.000000105. The van der Waals surface area contributed by atoms with Gasteiger partial charge in [0.1, 0.15) is 6.79 Å². The zero-order valence-electron chi connectivity index (χ0n) is 7.74. The van der Waals surface area contributed by atoms with E-state index in [4.69, 9.17) is 4.79 Å². The molecule has 10 heavy (non-hydrogen) atoms. The molecule has 64 valence electrons. The summed E-state index contributed by atoms with van der Waals surface area (Å²) in [5.74, 6) is 0. The number of carbonyl (C=O) groups excluding carboxylic acids is 1. The highest BCUT2D eigenvalue weighted by Crippen LogP contribution is 1.79. The molecule has 0 saturated heterocycles. The quantitative estimate of drug-likeness (QED) is 0.617. The van der Waals surface area contributed by atoms with E-state index in [1.807, 2.05) is 27.7 Å². The molecule has 0 aromatic rings. The van der Waals surface area contributed by atoms with Gasteiger partial charge in [-0.05, 0) is 20.0 Å². The lowest BCUT2D eigenvalue weighted by atomic mass is 10.3. The number of carbonyl (C=O) groups is 1. The predicted octanol–water partition coefficient (Wildman–Crippen LogP) is 1.85. The maximum atomic E-state index is 8.00. The highest BCUT2D eigenvalue weighted by Gasteiger charge is 1.73. The Morgan fingerprint density at radius 1 is 1.30 bits per heavy atom.